The summed E-state index contributed by atoms with van der Waals surface area (Å²) in [6.45, 7) is 7.39. The highest BCUT2D eigenvalue weighted by atomic mass is 35.5. The Kier molecular flexibility index (Phi) is 7.02. The topological polar surface area (TPSA) is 66.5 Å². The third kappa shape index (κ3) is 5.19. The quantitative estimate of drug-likeness (QED) is 0.707. The normalized spacial score (nSPS) is 13.7. The van der Waals surface area contributed by atoms with E-state index in [9.17, 15) is 13.2 Å². The fraction of sp³-hybridized carbons (Fsp3) is 0.350. The van der Waals surface area contributed by atoms with Crippen LogP contribution < -0.4 is 9.62 Å². The summed E-state index contributed by atoms with van der Waals surface area (Å²) in [7, 11) is -3.78. The Balaban J connectivity index is 2.31. The van der Waals surface area contributed by atoms with E-state index >= 15 is 0 Å². The lowest BCUT2D eigenvalue weighted by Gasteiger charge is -2.30. The number of aryl methyl sites for hydroxylation is 2. The average molecular weight is 443 g/mol. The standard InChI is InChI=1S/C20H24Cl2N2O3S/c1-12-6-7-16(10-13(12)2)14(3)23-20(25)15(4)24(28(5,26)27)19-11-17(21)8-9-18(19)22/h6-11,14-15H,1-5H3,(H,23,25). The maximum absolute atomic E-state index is 12.8. The third-order valence-corrected chi connectivity index (χ3v) is 6.41. The van der Waals surface area contributed by atoms with E-state index < -0.39 is 22.0 Å². The zero-order valence-electron chi connectivity index (χ0n) is 16.5. The minimum Gasteiger partial charge on any atom is -0.348 e. The van der Waals surface area contributed by atoms with Gasteiger partial charge in [-0.1, -0.05) is 41.4 Å². The molecule has 0 aliphatic heterocycles. The third-order valence-electron chi connectivity index (χ3n) is 4.62. The number of benzene rings is 2. The SMILES string of the molecule is Cc1ccc(C(C)NC(=O)C(C)N(c2cc(Cl)ccc2Cl)S(C)(=O)=O)cc1C. The van der Waals surface area contributed by atoms with Crippen molar-refractivity contribution in [2.75, 3.05) is 10.6 Å². The van der Waals surface area contributed by atoms with Gasteiger partial charge >= 0.3 is 0 Å². The number of amides is 1. The largest absolute Gasteiger partial charge is 0.348 e. The summed E-state index contributed by atoms with van der Waals surface area (Å²) in [4.78, 5) is 12.8. The number of anilines is 1. The Hall–Kier alpha value is -1.76. The number of hydrogen-bond donors (Lipinski definition) is 1. The van der Waals surface area contributed by atoms with Crippen LogP contribution in [0, 0.1) is 13.8 Å². The van der Waals surface area contributed by atoms with Gasteiger partial charge in [0, 0.05) is 5.02 Å². The van der Waals surface area contributed by atoms with Gasteiger partial charge in [-0.3, -0.25) is 9.10 Å². The molecule has 1 N–H and O–H groups in total. The van der Waals surface area contributed by atoms with Crippen LogP contribution >= 0.6 is 23.2 Å². The number of sulfonamides is 1. The van der Waals surface area contributed by atoms with E-state index in [2.05, 4.69) is 5.32 Å². The Labute approximate surface area is 176 Å². The van der Waals surface area contributed by atoms with Gasteiger partial charge in [0.2, 0.25) is 15.9 Å². The van der Waals surface area contributed by atoms with Crippen LogP contribution in [0.5, 0.6) is 0 Å². The smallest absolute Gasteiger partial charge is 0.244 e. The highest BCUT2D eigenvalue weighted by Crippen LogP contribution is 2.32. The zero-order valence-corrected chi connectivity index (χ0v) is 18.8. The molecule has 2 rings (SSSR count). The molecule has 0 aliphatic carbocycles. The molecule has 0 radical (unpaired) electrons. The van der Waals surface area contributed by atoms with Crippen LogP contribution in [0.25, 0.3) is 0 Å². The summed E-state index contributed by atoms with van der Waals surface area (Å²) >= 11 is 12.2. The first-order valence-corrected chi connectivity index (χ1v) is 11.3. The van der Waals surface area contributed by atoms with Gasteiger partial charge in [-0.05, 0) is 62.6 Å². The number of halogens is 2. The predicted molar refractivity (Wildman–Crippen MR) is 116 cm³/mol. The van der Waals surface area contributed by atoms with Crippen LogP contribution in [0.2, 0.25) is 10.0 Å². The van der Waals surface area contributed by atoms with Gasteiger partial charge in [0.1, 0.15) is 6.04 Å². The molecule has 0 fully saturated rings. The molecule has 2 unspecified atom stereocenters. The van der Waals surface area contributed by atoms with E-state index in [1.54, 1.807) is 6.07 Å². The fourth-order valence-electron chi connectivity index (χ4n) is 2.89. The molecule has 0 aromatic heterocycles. The van der Waals surface area contributed by atoms with E-state index in [-0.39, 0.29) is 16.8 Å². The number of hydrogen-bond acceptors (Lipinski definition) is 3. The molecule has 0 aliphatic rings. The first-order chi connectivity index (χ1) is 12.9. The van der Waals surface area contributed by atoms with Crippen molar-refractivity contribution in [1.82, 2.24) is 5.32 Å². The highest BCUT2D eigenvalue weighted by Gasteiger charge is 2.31. The second-order valence-electron chi connectivity index (χ2n) is 6.90. The number of rotatable bonds is 6. The number of nitrogens with zero attached hydrogens (tertiary/aromatic N) is 1. The van der Waals surface area contributed by atoms with Crippen LogP contribution in [0.1, 0.15) is 36.6 Å². The maximum Gasteiger partial charge on any atom is 0.244 e. The Morgan fingerprint density at radius 2 is 1.68 bits per heavy atom. The molecule has 0 saturated carbocycles. The molecule has 2 aromatic rings. The number of nitrogens with one attached hydrogen (secondary N) is 1. The summed E-state index contributed by atoms with van der Waals surface area (Å²) in [5.41, 5.74) is 3.39. The molecule has 2 atom stereocenters. The molecule has 0 saturated heterocycles. The van der Waals surface area contributed by atoms with Gasteiger partial charge in [0.25, 0.3) is 0 Å². The van der Waals surface area contributed by atoms with E-state index in [0.717, 1.165) is 27.3 Å². The molecule has 28 heavy (non-hydrogen) atoms. The molecule has 0 bridgehead atoms. The molecule has 152 valence electrons. The van der Waals surface area contributed by atoms with E-state index in [4.69, 9.17) is 23.2 Å². The Morgan fingerprint density at radius 1 is 1.04 bits per heavy atom. The second-order valence-corrected chi connectivity index (χ2v) is 9.61. The maximum atomic E-state index is 12.8. The van der Waals surface area contributed by atoms with Gasteiger partial charge in [-0.15, -0.1) is 0 Å². The fourth-order valence-corrected chi connectivity index (χ4v) is 4.49. The van der Waals surface area contributed by atoms with Crippen LogP contribution in [0.4, 0.5) is 5.69 Å². The predicted octanol–water partition coefficient (Wildman–Crippen LogP) is 4.64. The van der Waals surface area contributed by atoms with Crippen LogP contribution in [0.15, 0.2) is 36.4 Å². The van der Waals surface area contributed by atoms with Crippen molar-refractivity contribution in [2.45, 2.75) is 39.8 Å². The summed E-state index contributed by atoms with van der Waals surface area (Å²) < 4.78 is 25.8. The van der Waals surface area contributed by atoms with E-state index in [1.165, 1.54) is 19.1 Å². The Morgan fingerprint density at radius 3 is 2.25 bits per heavy atom. The summed E-state index contributed by atoms with van der Waals surface area (Å²) in [6, 6.07) is 9.13. The van der Waals surface area contributed by atoms with Crippen molar-refractivity contribution in [3.63, 3.8) is 0 Å². The van der Waals surface area contributed by atoms with E-state index in [1.807, 2.05) is 39.0 Å². The van der Waals surface area contributed by atoms with Crippen LogP contribution in [-0.2, 0) is 14.8 Å². The van der Waals surface area contributed by atoms with E-state index in [0.29, 0.717) is 5.02 Å². The summed E-state index contributed by atoms with van der Waals surface area (Å²) in [5.74, 6) is -0.438. The van der Waals surface area contributed by atoms with Gasteiger partial charge in [-0.2, -0.15) is 0 Å². The van der Waals surface area contributed by atoms with Gasteiger partial charge in [-0.25, -0.2) is 8.42 Å². The lowest BCUT2D eigenvalue weighted by molar-refractivity contribution is -0.122. The molecule has 0 spiro atoms. The first kappa shape index (κ1) is 22.5. The molecular weight excluding hydrogens is 419 g/mol. The molecular formula is C20H24Cl2N2O3S. The van der Waals surface area contributed by atoms with Crippen LogP contribution in [0.3, 0.4) is 0 Å². The monoisotopic (exact) mass is 442 g/mol. The number of carbonyl (C=O) groups is 1. The van der Waals surface area contributed by atoms with Crippen molar-refractivity contribution in [3.05, 3.63) is 63.1 Å². The lowest BCUT2D eigenvalue weighted by atomic mass is 10.0. The van der Waals surface area contributed by atoms with Crippen LogP contribution in [-0.4, -0.2) is 26.6 Å². The summed E-state index contributed by atoms with van der Waals surface area (Å²) in [6.07, 6.45) is 1.03. The van der Waals surface area contributed by atoms with Gasteiger partial charge in [0.05, 0.1) is 23.0 Å². The minimum atomic E-state index is -3.78. The average Bonchev–Trinajstić information content (AvgIpc) is 2.59. The van der Waals surface area contributed by atoms with Gasteiger partial charge < -0.3 is 5.32 Å². The lowest BCUT2D eigenvalue weighted by Crippen LogP contribution is -2.48. The van der Waals surface area contributed by atoms with Crippen molar-refractivity contribution < 1.29 is 13.2 Å². The highest BCUT2D eigenvalue weighted by molar-refractivity contribution is 7.92. The molecule has 1 amide bonds. The zero-order chi connectivity index (χ0) is 21.2. The minimum absolute atomic E-state index is 0.165. The molecule has 5 nitrogen and oxygen atoms in total. The second kappa shape index (κ2) is 8.72. The Bertz CT molecular complexity index is 993. The molecule has 8 heteroatoms. The van der Waals surface area contributed by atoms with Crippen molar-refractivity contribution in [1.29, 1.82) is 0 Å². The van der Waals surface area contributed by atoms with Gasteiger partial charge in [0.15, 0.2) is 0 Å². The molecule has 2 aromatic carbocycles. The van der Waals surface area contributed by atoms with Crippen molar-refractivity contribution in [3.8, 4) is 0 Å². The van der Waals surface area contributed by atoms with Crippen molar-refractivity contribution >= 4 is 44.8 Å². The van der Waals surface area contributed by atoms with Crippen molar-refractivity contribution in [2.24, 2.45) is 0 Å². The molecule has 0 heterocycles. The summed E-state index contributed by atoms with van der Waals surface area (Å²) in [5, 5.41) is 3.39. The number of carbonyl (C=O) groups excluding carboxylic acids is 1. The first-order valence-electron chi connectivity index (χ1n) is 8.73.